The van der Waals surface area contributed by atoms with Crippen molar-refractivity contribution < 1.29 is 4.79 Å². The molecular formula is C30H39ClN8O. The quantitative estimate of drug-likeness (QED) is 0.297. The maximum Gasteiger partial charge on any atom is 0.234 e. The lowest BCUT2D eigenvalue weighted by atomic mass is 9.48. The van der Waals surface area contributed by atoms with Gasteiger partial charge in [0.15, 0.2) is 0 Å². The van der Waals surface area contributed by atoms with Crippen molar-refractivity contribution in [2.24, 2.45) is 23.2 Å². The predicted octanol–water partition coefficient (Wildman–Crippen LogP) is 3.68. The fraction of sp³-hybridized carbons (Fsp3) is 0.600. The van der Waals surface area contributed by atoms with Crippen molar-refractivity contribution in [1.82, 2.24) is 25.9 Å². The first-order valence-corrected chi connectivity index (χ1v) is 15.1. The Kier molecular flexibility index (Phi) is 8.10. The molecule has 0 radical (unpaired) electrons. The molecule has 2 heterocycles. The summed E-state index contributed by atoms with van der Waals surface area (Å²) in [4.78, 5) is 21.6. The molecule has 1 aromatic carbocycles. The van der Waals surface area contributed by atoms with Crippen LogP contribution in [0.1, 0.15) is 56.1 Å². The van der Waals surface area contributed by atoms with Gasteiger partial charge in [0.25, 0.3) is 0 Å². The van der Waals surface area contributed by atoms with E-state index >= 15 is 0 Å². The van der Waals surface area contributed by atoms with Crippen LogP contribution in [0, 0.1) is 34.5 Å². The molecule has 4 saturated carbocycles. The van der Waals surface area contributed by atoms with Gasteiger partial charge in [-0.05, 0) is 92.8 Å². The number of halogens is 1. The Morgan fingerprint density at radius 3 is 2.65 bits per heavy atom. The molecule has 10 heteroatoms. The van der Waals surface area contributed by atoms with Gasteiger partial charge in [-0.2, -0.15) is 10.2 Å². The number of hydrogen-bond acceptors (Lipinski definition) is 8. The minimum Gasteiger partial charge on any atom is -0.368 e. The lowest BCUT2D eigenvalue weighted by Crippen LogP contribution is -2.60. The Morgan fingerprint density at radius 1 is 1.12 bits per heavy atom. The van der Waals surface area contributed by atoms with E-state index in [1.54, 1.807) is 6.20 Å². The molecule has 7 rings (SSSR count). The van der Waals surface area contributed by atoms with Crippen molar-refractivity contribution in [2.75, 3.05) is 36.8 Å². The van der Waals surface area contributed by atoms with Gasteiger partial charge in [-0.25, -0.2) is 4.98 Å². The van der Waals surface area contributed by atoms with E-state index in [0.29, 0.717) is 59.4 Å². The average molecular weight is 563 g/mol. The van der Waals surface area contributed by atoms with Crippen LogP contribution in [0.3, 0.4) is 0 Å². The van der Waals surface area contributed by atoms with Gasteiger partial charge in [-0.1, -0.05) is 29.8 Å². The van der Waals surface area contributed by atoms with Crippen LogP contribution in [0.25, 0.3) is 0 Å². The maximum atomic E-state index is 12.6. The Morgan fingerprint density at radius 2 is 1.90 bits per heavy atom. The number of nitrogens with one attached hydrogen (secondary N) is 5. The predicted molar refractivity (Wildman–Crippen MR) is 156 cm³/mol. The standard InChI is InChI=1S/C30H39ClN8O/c31-25-4-2-1-3-20(25)15-35-29-36-16-23(14-32)28(39-29)37-18-30-11-19-9-21(12-30)27(22(10-19)13-30)34-17-26(40)38-24-5-7-33-8-6-24/h1-4,16,19,21-22,24,27,33-34H,5-13,15,17-18H2,(H,38,40)(H2,35,36,37,39)/t19?,21-,22+,27?,30?. The first kappa shape index (κ1) is 27.3. The average Bonchev–Trinajstić information content (AvgIpc) is 2.95. The fourth-order valence-electron chi connectivity index (χ4n) is 7.97. The number of nitrogens with zero attached hydrogens (tertiary/aromatic N) is 3. The van der Waals surface area contributed by atoms with E-state index < -0.39 is 0 Å². The third kappa shape index (κ3) is 6.04. The molecule has 1 aliphatic heterocycles. The monoisotopic (exact) mass is 562 g/mol. The smallest absolute Gasteiger partial charge is 0.234 e. The molecule has 2 aromatic rings. The third-order valence-electron chi connectivity index (χ3n) is 9.54. The van der Waals surface area contributed by atoms with Crippen molar-refractivity contribution in [3.8, 4) is 6.07 Å². The van der Waals surface area contributed by atoms with Gasteiger partial charge in [0.1, 0.15) is 17.5 Å². The second-order valence-electron chi connectivity index (χ2n) is 12.3. The van der Waals surface area contributed by atoms with Gasteiger partial charge in [-0.3, -0.25) is 4.79 Å². The number of aromatic nitrogens is 2. The minimum atomic E-state index is 0.129. The molecule has 5 N–H and O–H groups in total. The first-order chi connectivity index (χ1) is 19.5. The highest BCUT2D eigenvalue weighted by Crippen LogP contribution is 2.60. The maximum absolute atomic E-state index is 12.6. The summed E-state index contributed by atoms with van der Waals surface area (Å²) in [7, 11) is 0. The van der Waals surface area contributed by atoms with Gasteiger partial charge >= 0.3 is 0 Å². The Balaban J connectivity index is 1.06. The van der Waals surface area contributed by atoms with Crippen LogP contribution in [0.2, 0.25) is 5.02 Å². The van der Waals surface area contributed by atoms with Crippen LogP contribution in [0.15, 0.2) is 30.5 Å². The summed E-state index contributed by atoms with van der Waals surface area (Å²) in [5, 5.41) is 27.4. The summed E-state index contributed by atoms with van der Waals surface area (Å²) in [5.41, 5.74) is 1.62. The van der Waals surface area contributed by atoms with Crippen molar-refractivity contribution in [3.05, 3.63) is 46.6 Å². The molecule has 1 aromatic heterocycles. The molecular weight excluding hydrogens is 524 g/mol. The van der Waals surface area contributed by atoms with Crippen LogP contribution in [-0.4, -0.2) is 54.1 Å². The topological polar surface area (TPSA) is 127 Å². The molecule has 4 aliphatic carbocycles. The van der Waals surface area contributed by atoms with Crippen LogP contribution in [0.5, 0.6) is 0 Å². The molecule has 5 aliphatic rings. The summed E-state index contributed by atoms with van der Waals surface area (Å²) in [6, 6.07) is 10.6. The van der Waals surface area contributed by atoms with Crippen LogP contribution in [0.4, 0.5) is 11.8 Å². The van der Waals surface area contributed by atoms with E-state index in [2.05, 4.69) is 42.6 Å². The van der Waals surface area contributed by atoms with Gasteiger partial charge in [-0.15, -0.1) is 0 Å². The zero-order valence-electron chi connectivity index (χ0n) is 22.9. The summed E-state index contributed by atoms with van der Waals surface area (Å²) in [6.07, 6.45) is 9.61. The summed E-state index contributed by atoms with van der Waals surface area (Å²) in [6.45, 7) is 3.68. The van der Waals surface area contributed by atoms with Crippen LogP contribution >= 0.6 is 11.6 Å². The first-order valence-electron chi connectivity index (χ1n) is 14.7. The van der Waals surface area contributed by atoms with E-state index in [1.807, 2.05) is 24.3 Å². The number of nitriles is 1. The number of rotatable bonds is 10. The Bertz CT molecular complexity index is 1240. The van der Waals surface area contributed by atoms with E-state index in [9.17, 15) is 10.1 Å². The largest absolute Gasteiger partial charge is 0.368 e. The van der Waals surface area contributed by atoms with Crippen molar-refractivity contribution in [3.63, 3.8) is 0 Å². The van der Waals surface area contributed by atoms with Gasteiger partial charge in [0.2, 0.25) is 11.9 Å². The number of anilines is 2. The number of carbonyl (C=O) groups is 1. The van der Waals surface area contributed by atoms with E-state index in [0.717, 1.165) is 56.8 Å². The second-order valence-corrected chi connectivity index (χ2v) is 12.7. The number of hydrogen-bond donors (Lipinski definition) is 5. The normalized spacial score (nSPS) is 29.1. The fourth-order valence-corrected chi connectivity index (χ4v) is 8.17. The van der Waals surface area contributed by atoms with Gasteiger partial charge in [0, 0.05) is 30.2 Å². The Labute approximate surface area is 241 Å². The van der Waals surface area contributed by atoms with Crippen molar-refractivity contribution >= 4 is 29.3 Å². The molecule has 3 unspecified atom stereocenters. The molecule has 5 atom stereocenters. The highest BCUT2D eigenvalue weighted by atomic mass is 35.5. The number of benzene rings is 1. The second kappa shape index (κ2) is 11.9. The summed E-state index contributed by atoms with van der Waals surface area (Å²) < 4.78 is 0. The van der Waals surface area contributed by atoms with Crippen molar-refractivity contribution in [2.45, 2.75) is 63.6 Å². The lowest BCUT2D eigenvalue weighted by molar-refractivity contribution is -0.122. The summed E-state index contributed by atoms with van der Waals surface area (Å²) >= 11 is 6.29. The molecule has 1 amide bonds. The number of carbonyl (C=O) groups excluding carboxylic acids is 1. The highest BCUT2D eigenvalue weighted by molar-refractivity contribution is 6.31. The third-order valence-corrected chi connectivity index (χ3v) is 9.91. The van der Waals surface area contributed by atoms with Gasteiger partial charge in [0.05, 0.1) is 12.7 Å². The molecule has 5 fully saturated rings. The summed E-state index contributed by atoms with van der Waals surface area (Å²) in [5.74, 6) is 3.11. The van der Waals surface area contributed by atoms with E-state index in [4.69, 9.17) is 11.6 Å². The molecule has 4 bridgehead atoms. The number of piperidine rings is 1. The molecule has 212 valence electrons. The highest BCUT2D eigenvalue weighted by Gasteiger charge is 2.55. The molecule has 1 saturated heterocycles. The SMILES string of the molecule is N#Cc1cnc(NCc2ccccc2Cl)nc1NCC12CC3C[C@H](C1)C(NCC(=O)NC1CCNCC1)[C@@H](C3)C2. The molecule has 40 heavy (non-hydrogen) atoms. The number of amides is 1. The minimum absolute atomic E-state index is 0.129. The zero-order chi connectivity index (χ0) is 27.5. The Hall–Kier alpha value is -2.93. The lowest BCUT2D eigenvalue weighted by Gasteiger charge is -2.60. The van der Waals surface area contributed by atoms with Gasteiger partial charge < -0.3 is 26.6 Å². The van der Waals surface area contributed by atoms with Crippen molar-refractivity contribution in [1.29, 1.82) is 5.26 Å². The van der Waals surface area contributed by atoms with Crippen LogP contribution < -0.4 is 26.6 Å². The van der Waals surface area contributed by atoms with E-state index in [-0.39, 0.29) is 11.3 Å². The van der Waals surface area contributed by atoms with Crippen LogP contribution in [-0.2, 0) is 11.3 Å². The zero-order valence-corrected chi connectivity index (χ0v) is 23.6. The van der Waals surface area contributed by atoms with E-state index in [1.165, 1.54) is 19.3 Å². The molecule has 9 nitrogen and oxygen atoms in total. The molecule has 0 spiro atoms.